The Bertz CT molecular complexity index is 497. The van der Waals surface area contributed by atoms with Crippen LogP contribution in [0.4, 0.5) is 0 Å². The lowest BCUT2D eigenvalue weighted by Crippen LogP contribution is -2.46. The van der Waals surface area contributed by atoms with Gasteiger partial charge in [-0.3, -0.25) is 0 Å². The molecule has 2 nitrogen and oxygen atoms in total. The molecule has 1 aromatic rings. The van der Waals surface area contributed by atoms with E-state index >= 15 is 0 Å². The average molecular weight is 290 g/mol. The number of aliphatic hydroxyl groups excluding tert-OH is 1. The third-order valence-corrected chi connectivity index (χ3v) is 4.78. The highest BCUT2D eigenvalue weighted by molar-refractivity contribution is 5.39. The second-order valence-electron chi connectivity index (χ2n) is 8.21. The minimum atomic E-state index is -0.395. The van der Waals surface area contributed by atoms with Crippen LogP contribution in [-0.2, 0) is 5.41 Å². The second kappa shape index (κ2) is 5.64. The van der Waals surface area contributed by atoms with Crippen molar-refractivity contribution in [1.82, 2.24) is 0 Å². The quantitative estimate of drug-likeness (QED) is 0.861. The van der Waals surface area contributed by atoms with Gasteiger partial charge in [0.15, 0.2) is 0 Å². The van der Waals surface area contributed by atoms with Crippen molar-refractivity contribution in [2.24, 2.45) is 5.41 Å². The lowest BCUT2D eigenvalue weighted by Gasteiger charge is -2.40. The van der Waals surface area contributed by atoms with Crippen molar-refractivity contribution in [1.29, 1.82) is 0 Å². The topological polar surface area (TPSA) is 29.5 Å². The summed E-state index contributed by atoms with van der Waals surface area (Å²) in [4.78, 5) is 0. The molecule has 1 aliphatic carbocycles. The molecule has 2 atom stereocenters. The summed E-state index contributed by atoms with van der Waals surface area (Å²) in [6.45, 7) is 13.0. The van der Waals surface area contributed by atoms with E-state index in [1.165, 1.54) is 5.56 Å². The maximum Gasteiger partial charge on any atom is 0.125 e. The molecule has 0 spiro atoms. The van der Waals surface area contributed by atoms with Gasteiger partial charge >= 0.3 is 0 Å². The first kappa shape index (κ1) is 16.4. The van der Waals surface area contributed by atoms with Gasteiger partial charge < -0.3 is 9.84 Å². The van der Waals surface area contributed by atoms with E-state index in [4.69, 9.17) is 4.74 Å². The van der Waals surface area contributed by atoms with Gasteiger partial charge in [0.25, 0.3) is 0 Å². The van der Waals surface area contributed by atoms with Crippen LogP contribution in [0.2, 0.25) is 0 Å². The fourth-order valence-corrected chi connectivity index (χ4v) is 3.10. The Labute approximate surface area is 129 Å². The molecule has 0 amide bonds. The molecule has 1 aromatic carbocycles. The summed E-state index contributed by atoms with van der Waals surface area (Å²) < 4.78 is 6.15. The van der Waals surface area contributed by atoms with E-state index in [-0.39, 0.29) is 16.9 Å². The molecule has 0 heterocycles. The van der Waals surface area contributed by atoms with Gasteiger partial charge in [-0.25, -0.2) is 0 Å². The van der Waals surface area contributed by atoms with Gasteiger partial charge in [0.05, 0.1) is 6.10 Å². The van der Waals surface area contributed by atoms with E-state index in [2.05, 4.69) is 59.7 Å². The first-order valence-corrected chi connectivity index (χ1v) is 8.07. The summed E-state index contributed by atoms with van der Waals surface area (Å²) in [6, 6.07) is 6.41. The molecule has 2 heteroatoms. The van der Waals surface area contributed by atoms with E-state index in [0.29, 0.717) is 0 Å². The van der Waals surface area contributed by atoms with Crippen LogP contribution in [-0.4, -0.2) is 17.3 Å². The Hall–Kier alpha value is -1.02. The zero-order valence-electron chi connectivity index (χ0n) is 14.4. The van der Waals surface area contributed by atoms with E-state index in [1.54, 1.807) is 0 Å². The minimum Gasteiger partial charge on any atom is -0.487 e. The van der Waals surface area contributed by atoms with Crippen LogP contribution in [0.15, 0.2) is 18.2 Å². The smallest absolute Gasteiger partial charge is 0.125 e. The van der Waals surface area contributed by atoms with Crippen LogP contribution in [0.1, 0.15) is 65.0 Å². The van der Waals surface area contributed by atoms with E-state index in [9.17, 15) is 5.11 Å². The van der Waals surface area contributed by atoms with Crippen LogP contribution in [0.3, 0.4) is 0 Å². The maximum atomic E-state index is 10.5. The zero-order valence-corrected chi connectivity index (χ0v) is 14.4. The van der Waals surface area contributed by atoms with Gasteiger partial charge in [-0.2, -0.15) is 0 Å². The summed E-state index contributed by atoms with van der Waals surface area (Å²) in [6.07, 6.45) is 2.63. The van der Waals surface area contributed by atoms with Crippen molar-refractivity contribution >= 4 is 0 Å². The lowest BCUT2D eigenvalue weighted by atomic mass is 9.73. The molecule has 1 saturated carbocycles. The monoisotopic (exact) mass is 290 g/mol. The largest absolute Gasteiger partial charge is 0.487 e. The highest BCUT2D eigenvalue weighted by Crippen LogP contribution is 2.38. The highest BCUT2D eigenvalue weighted by atomic mass is 16.5. The Balaban J connectivity index is 2.17. The van der Waals surface area contributed by atoms with Gasteiger partial charge in [0.1, 0.15) is 11.9 Å². The van der Waals surface area contributed by atoms with Gasteiger partial charge in [0.2, 0.25) is 0 Å². The molecular weight excluding hydrogens is 260 g/mol. The molecule has 118 valence electrons. The van der Waals surface area contributed by atoms with Crippen LogP contribution < -0.4 is 4.74 Å². The summed E-state index contributed by atoms with van der Waals surface area (Å²) in [5.41, 5.74) is 2.56. The third kappa shape index (κ3) is 3.60. The second-order valence-corrected chi connectivity index (χ2v) is 8.21. The number of hydrogen-bond acceptors (Lipinski definition) is 2. The Morgan fingerprint density at radius 3 is 2.48 bits per heavy atom. The van der Waals surface area contributed by atoms with E-state index < -0.39 is 6.10 Å². The summed E-state index contributed by atoms with van der Waals surface area (Å²) in [5, 5.41) is 10.5. The predicted molar refractivity (Wildman–Crippen MR) is 87.9 cm³/mol. The number of benzene rings is 1. The van der Waals surface area contributed by atoms with Gasteiger partial charge in [-0.05, 0) is 54.2 Å². The SMILES string of the molecule is Cc1cc(C(C)(C)C)ccc1OC1CCCC(C)(C)C1O. The van der Waals surface area contributed by atoms with Crippen molar-refractivity contribution < 1.29 is 9.84 Å². The first-order chi connectivity index (χ1) is 9.61. The number of rotatable bonds is 2. The number of hydrogen-bond donors (Lipinski definition) is 1. The lowest BCUT2D eigenvalue weighted by molar-refractivity contribution is -0.0691. The van der Waals surface area contributed by atoms with Gasteiger partial charge in [0, 0.05) is 0 Å². The first-order valence-electron chi connectivity index (χ1n) is 8.07. The molecule has 1 N–H and O–H groups in total. The van der Waals surface area contributed by atoms with Crippen molar-refractivity contribution in [2.75, 3.05) is 0 Å². The highest BCUT2D eigenvalue weighted by Gasteiger charge is 2.39. The Morgan fingerprint density at radius 1 is 1.24 bits per heavy atom. The predicted octanol–water partition coefficient (Wildman–Crippen LogP) is 4.61. The summed E-state index contributed by atoms with van der Waals surface area (Å²) in [5.74, 6) is 0.907. The van der Waals surface area contributed by atoms with Crippen LogP contribution in [0, 0.1) is 12.3 Å². The molecule has 1 fully saturated rings. The van der Waals surface area contributed by atoms with Crippen LogP contribution in [0.25, 0.3) is 0 Å². The third-order valence-electron chi connectivity index (χ3n) is 4.78. The molecule has 0 saturated heterocycles. The molecule has 0 aromatic heterocycles. The standard InChI is InChI=1S/C19H30O2/c1-13-12-14(18(2,3)4)9-10-15(13)21-16-8-7-11-19(5,6)17(16)20/h9-10,12,16-17,20H,7-8,11H2,1-6H3. The maximum absolute atomic E-state index is 10.5. The summed E-state index contributed by atoms with van der Waals surface area (Å²) in [7, 11) is 0. The normalized spacial score (nSPS) is 25.7. The molecule has 21 heavy (non-hydrogen) atoms. The molecule has 0 radical (unpaired) electrons. The van der Waals surface area contributed by atoms with Crippen molar-refractivity contribution in [2.45, 2.75) is 78.4 Å². The zero-order chi connectivity index (χ0) is 15.8. The fourth-order valence-electron chi connectivity index (χ4n) is 3.10. The Kier molecular flexibility index (Phi) is 4.39. The number of aryl methyl sites for hydroxylation is 1. The van der Waals surface area contributed by atoms with Crippen molar-refractivity contribution in [3.05, 3.63) is 29.3 Å². The molecule has 0 bridgehead atoms. The van der Waals surface area contributed by atoms with Crippen molar-refractivity contribution in [3.63, 3.8) is 0 Å². The summed E-state index contributed by atoms with van der Waals surface area (Å²) >= 11 is 0. The minimum absolute atomic E-state index is 0.0534. The van der Waals surface area contributed by atoms with Crippen LogP contribution >= 0.6 is 0 Å². The molecule has 2 unspecified atom stereocenters. The average Bonchev–Trinajstić information content (AvgIpc) is 2.36. The number of ether oxygens (including phenoxy) is 1. The van der Waals surface area contributed by atoms with E-state index in [1.807, 2.05) is 0 Å². The molecule has 2 rings (SSSR count). The van der Waals surface area contributed by atoms with E-state index in [0.717, 1.165) is 30.6 Å². The van der Waals surface area contributed by atoms with Gasteiger partial charge in [-0.15, -0.1) is 0 Å². The molecular formula is C19H30O2. The van der Waals surface area contributed by atoms with Gasteiger partial charge in [-0.1, -0.05) is 46.8 Å². The molecule has 0 aliphatic heterocycles. The fraction of sp³-hybridized carbons (Fsp3) is 0.684. The Morgan fingerprint density at radius 2 is 1.90 bits per heavy atom. The van der Waals surface area contributed by atoms with Crippen LogP contribution in [0.5, 0.6) is 5.75 Å². The number of aliphatic hydroxyl groups is 1. The molecule has 1 aliphatic rings. The van der Waals surface area contributed by atoms with Crippen molar-refractivity contribution in [3.8, 4) is 5.75 Å².